The topological polar surface area (TPSA) is 20.3 Å². The summed E-state index contributed by atoms with van der Waals surface area (Å²) in [6.07, 6.45) is 17.2. The van der Waals surface area contributed by atoms with E-state index in [9.17, 15) is 4.79 Å². The van der Waals surface area contributed by atoms with Gasteiger partial charge < -0.3 is 4.90 Å². The van der Waals surface area contributed by atoms with E-state index in [0.717, 1.165) is 24.0 Å². The highest BCUT2D eigenvalue weighted by atomic mass is 16.1. The minimum Gasteiger partial charge on any atom is -0.337 e. The van der Waals surface area contributed by atoms with Gasteiger partial charge in [0.25, 0.3) is 0 Å². The van der Waals surface area contributed by atoms with Gasteiger partial charge in [-0.25, -0.2) is 0 Å². The third kappa shape index (κ3) is 11.7. The molecule has 0 N–H and O–H groups in total. The van der Waals surface area contributed by atoms with E-state index in [2.05, 4.69) is 26.2 Å². The van der Waals surface area contributed by atoms with Crippen molar-refractivity contribution in [2.75, 3.05) is 13.1 Å². The second-order valence-electron chi connectivity index (χ2n) is 4.27. The lowest BCUT2D eigenvalue weighted by molar-refractivity contribution is -0.117. The monoisotopic (exact) mass is 301 g/mol. The van der Waals surface area contributed by atoms with E-state index in [4.69, 9.17) is 0 Å². The van der Waals surface area contributed by atoms with Crippen LogP contribution in [0.15, 0.2) is 72.9 Å². The molecule has 2 nitrogen and oxygen atoms in total. The average Bonchev–Trinajstić information content (AvgIpc) is 2.57. The lowest BCUT2D eigenvalue weighted by Crippen LogP contribution is -2.26. The summed E-state index contributed by atoms with van der Waals surface area (Å²) in [6, 6.07) is 0. The molecule has 1 amide bonds. The molecule has 122 valence electrons. The Kier molecular flexibility index (Phi) is 17.1. The quantitative estimate of drug-likeness (QED) is 0.399. The first kappa shape index (κ1) is 22.2. The van der Waals surface area contributed by atoms with Crippen molar-refractivity contribution in [2.24, 2.45) is 0 Å². The zero-order chi connectivity index (χ0) is 17.2. The van der Waals surface area contributed by atoms with Gasteiger partial charge in [-0.1, -0.05) is 82.5 Å². The minimum absolute atomic E-state index is 0.547. The molecule has 0 heterocycles. The van der Waals surface area contributed by atoms with Crippen LogP contribution in [0.4, 0.5) is 0 Å². The van der Waals surface area contributed by atoms with Gasteiger partial charge in [0.1, 0.15) is 0 Å². The van der Waals surface area contributed by atoms with E-state index in [0.29, 0.717) is 13.1 Å². The molecule has 0 spiro atoms. The molecule has 0 unspecified atom stereocenters. The van der Waals surface area contributed by atoms with Crippen LogP contribution in [0, 0.1) is 0 Å². The number of carbonyl (C=O) groups is 1. The van der Waals surface area contributed by atoms with Crippen molar-refractivity contribution < 1.29 is 4.79 Å². The molecule has 0 radical (unpaired) electrons. The number of rotatable bonds is 10. The Balaban J connectivity index is 0. The van der Waals surface area contributed by atoms with Crippen LogP contribution in [-0.4, -0.2) is 24.4 Å². The molecule has 0 aliphatic heterocycles. The fourth-order valence-electron chi connectivity index (χ4n) is 1.59. The third-order valence-corrected chi connectivity index (χ3v) is 2.58. The number of hydrogen-bond acceptors (Lipinski definition) is 1. The molecule has 0 aromatic carbocycles. The maximum atomic E-state index is 11.2. The average molecular weight is 301 g/mol. The molecule has 22 heavy (non-hydrogen) atoms. The first-order valence-corrected chi connectivity index (χ1v) is 7.83. The van der Waals surface area contributed by atoms with Crippen LogP contribution in [0.25, 0.3) is 0 Å². The van der Waals surface area contributed by atoms with E-state index in [1.807, 2.05) is 51.2 Å². The van der Waals surface area contributed by atoms with Crippen LogP contribution < -0.4 is 0 Å². The highest BCUT2D eigenvalue weighted by Gasteiger charge is 2.04. The van der Waals surface area contributed by atoms with Crippen LogP contribution in [-0.2, 0) is 4.79 Å². The fourth-order valence-corrected chi connectivity index (χ4v) is 1.59. The summed E-state index contributed by atoms with van der Waals surface area (Å²) in [4.78, 5) is 12.9. The summed E-state index contributed by atoms with van der Waals surface area (Å²) in [5, 5.41) is 0. The molecule has 0 aliphatic carbocycles. The Labute approximate surface area is 136 Å². The molecule has 0 atom stereocenters. The van der Waals surface area contributed by atoms with E-state index >= 15 is 0 Å². The van der Waals surface area contributed by atoms with Crippen molar-refractivity contribution in [1.29, 1.82) is 0 Å². The minimum atomic E-state index is 0.547. The highest BCUT2D eigenvalue weighted by molar-refractivity contribution is 5.50. The molecule has 0 fully saturated rings. The maximum absolute atomic E-state index is 11.2. The summed E-state index contributed by atoms with van der Waals surface area (Å²) in [5.41, 5.74) is 2.07. The Morgan fingerprint density at radius 2 is 1.73 bits per heavy atom. The number of carbonyl (C=O) groups excluding carboxylic acids is 1. The first-order valence-electron chi connectivity index (χ1n) is 7.83. The molecule has 0 aromatic rings. The maximum Gasteiger partial charge on any atom is 0.210 e. The van der Waals surface area contributed by atoms with Gasteiger partial charge in [0.05, 0.1) is 0 Å². The Hall–Kier alpha value is -2.09. The molecule has 0 saturated carbocycles. The van der Waals surface area contributed by atoms with Gasteiger partial charge in [-0.15, -0.1) is 0 Å². The van der Waals surface area contributed by atoms with Crippen LogP contribution >= 0.6 is 0 Å². The van der Waals surface area contributed by atoms with Gasteiger partial charge >= 0.3 is 0 Å². The van der Waals surface area contributed by atoms with Gasteiger partial charge in [-0.2, -0.15) is 0 Å². The standard InChI is InChI=1S/C18H25NO.C2H6/c1-5-9-12-17(8-4)14-19(16-20)15-18(11-7-3)13-10-6-2;1-2/h5,7-13,16H,3-4,6,14-15H2,1-2H3;1-2H3/b9-5-,13-10-,17-12+,18-11+;. The van der Waals surface area contributed by atoms with E-state index < -0.39 is 0 Å². The predicted molar refractivity (Wildman–Crippen MR) is 99.8 cm³/mol. The summed E-state index contributed by atoms with van der Waals surface area (Å²) in [7, 11) is 0. The van der Waals surface area contributed by atoms with Crippen molar-refractivity contribution in [3.63, 3.8) is 0 Å². The second-order valence-corrected chi connectivity index (χ2v) is 4.27. The second kappa shape index (κ2) is 17.0. The molecular weight excluding hydrogens is 270 g/mol. The Bertz CT molecular complexity index is 425. The van der Waals surface area contributed by atoms with Gasteiger partial charge in [0.15, 0.2) is 0 Å². The third-order valence-electron chi connectivity index (χ3n) is 2.58. The van der Waals surface area contributed by atoms with Crippen LogP contribution in [0.2, 0.25) is 0 Å². The lowest BCUT2D eigenvalue weighted by atomic mass is 10.1. The molecule has 2 heteroatoms. The van der Waals surface area contributed by atoms with Crippen molar-refractivity contribution in [2.45, 2.75) is 34.1 Å². The summed E-state index contributed by atoms with van der Waals surface area (Å²) in [6.45, 7) is 16.6. The van der Waals surface area contributed by atoms with Crippen LogP contribution in [0.3, 0.4) is 0 Å². The summed E-state index contributed by atoms with van der Waals surface area (Å²) in [5.74, 6) is 0. The van der Waals surface area contributed by atoms with Gasteiger partial charge in [0, 0.05) is 13.1 Å². The molecular formula is C20H31NO. The zero-order valence-electron chi connectivity index (χ0n) is 14.6. The van der Waals surface area contributed by atoms with Crippen molar-refractivity contribution in [1.82, 2.24) is 4.90 Å². The fraction of sp³-hybridized carbons (Fsp3) is 0.350. The van der Waals surface area contributed by atoms with E-state index in [1.165, 1.54) is 0 Å². The van der Waals surface area contributed by atoms with Crippen molar-refractivity contribution >= 4 is 6.41 Å². The SMILES string of the molecule is C=C/C=C(\C=C/CC)CN(C=O)C/C(C=C)=C/C=C\C.CC. The highest BCUT2D eigenvalue weighted by Crippen LogP contribution is 2.06. The summed E-state index contributed by atoms with van der Waals surface area (Å²) >= 11 is 0. The Morgan fingerprint density at radius 3 is 2.18 bits per heavy atom. The van der Waals surface area contributed by atoms with E-state index in [-0.39, 0.29) is 0 Å². The number of amides is 1. The molecule has 0 rings (SSSR count). The molecule has 0 bridgehead atoms. The number of hydrogen-bond donors (Lipinski definition) is 0. The van der Waals surface area contributed by atoms with Crippen molar-refractivity contribution in [3.8, 4) is 0 Å². The molecule has 0 saturated heterocycles. The van der Waals surface area contributed by atoms with E-state index in [1.54, 1.807) is 17.1 Å². The normalized spacial score (nSPS) is 12.0. The summed E-state index contributed by atoms with van der Waals surface area (Å²) < 4.78 is 0. The van der Waals surface area contributed by atoms with Gasteiger partial charge in [0.2, 0.25) is 6.41 Å². The van der Waals surface area contributed by atoms with Gasteiger partial charge in [-0.3, -0.25) is 4.79 Å². The smallest absolute Gasteiger partial charge is 0.210 e. The van der Waals surface area contributed by atoms with Crippen molar-refractivity contribution in [3.05, 3.63) is 72.9 Å². The van der Waals surface area contributed by atoms with Crippen LogP contribution in [0.5, 0.6) is 0 Å². The Morgan fingerprint density at radius 1 is 1.09 bits per heavy atom. The molecule has 0 aliphatic rings. The first-order chi connectivity index (χ1) is 10.7. The lowest BCUT2D eigenvalue weighted by Gasteiger charge is -2.18. The van der Waals surface area contributed by atoms with Gasteiger partial charge in [-0.05, 0) is 24.5 Å². The number of allylic oxidation sites excluding steroid dienone is 6. The molecule has 0 aromatic heterocycles. The van der Waals surface area contributed by atoms with Crippen LogP contribution in [0.1, 0.15) is 34.1 Å². The largest absolute Gasteiger partial charge is 0.337 e. The predicted octanol–water partition coefficient (Wildman–Crippen LogP) is 5.24. The number of nitrogens with zero attached hydrogens (tertiary/aromatic N) is 1. The zero-order valence-corrected chi connectivity index (χ0v) is 14.6.